The molecule has 0 spiro atoms. The van der Waals surface area contributed by atoms with Gasteiger partial charge >= 0.3 is 11.9 Å². The van der Waals surface area contributed by atoms with Crippen LogP contribution in [0.4, 0.5) is 0 Å². The van der Waals surface area contributed by atoms with Gasteiger partial charge in [-0.25, -0.2) is 0 Å². The molecule has 4 nitrogen and oxygen atoms in total. The highest BCUT2D eigenvalue weighted by molar-refractivity contribution is 5.84. The Balaban J connectivity index is 1.97. The molecule has 2 unspecified atom stereocenters. The van der Waals surface area contributed by atoms with Gasteiger partial charge in [-0.2, -0.15) is 0 Å². The fraction of sp³-hybridized carbons (Fsp3) is 0.886. The van der Waals surface area contributed by atoms with Crippen molar-refractivity contribution in [2.45, 2.75) is 174 Å². The van der Waals surface area contributed by atoms with E-state index in [1.165, 1.54) is 128 Å². The molecule has 0 aromatic rings. The molecule has 0 saturated heterocycles. The fourth-order valence-electron chi connectivity index (χ4n) is 5.57. The summed E-state index contributed by atoms with van der Waals surface area (Å²) in [5, 5.41) is 0. The molecular formula is C35H64O4. The third-order valence-corrected chi connectivity index (χ3v) is 8.23. The molecule has 0 heterocycles. The van der Waals surface area contributed by atoms with Crippen LogP contribution in [0.15, 0.2) is 12.2 Å². The summed E-state index contributed by atoms with van der Waals surface area (Å²) in [7, 11) is 0. The number of hydrogen-bond acceptors (Lipinski definition) is 4. The summed E-state index contributed by atoms with van der Waals surface area (Å²) in [5.41, 5.74) is 0. The van der Waals surface area contributed by atoms with Crippen LogP contribution >= 0.6 is 0 Å². The number of ether oxygens (including phenoxy) is 2. The Bertz CT molecular complexity index is 599. The number of carbonyl (C=O) groups is 2. The van der Waals surface area contributed by atoms with E-state index < -0.39 is 11.8 Å². The average Bonchev–Trinajstić information content (AvgIpc) is 3.44. The lowest BCUT2D eigenvalue weighted by atomic mass is 9.96. The van der Waals surface area contributed by atoms with Crippen molar-refractivity contribution in [1.29, 1.82) is 0 Å². The molecule has 0 aliphatic heterocycles. The Kier molecular flexibility index (Phi) is 24.6. The third-order valence-electron chi connectivity index (χ3n) is 8.23. The van der Waals surface area contributed by atoms with Crippen LogP contribution in [-0.2, 0) is 19.1 Å². The molecule has 1 aliphatic rings. The molecule has 0 saturated carbocycles. The summed E-state index contributed by atoms with van der Waals surface area (Å²) in [4.78, 5) is 25.1. The zero-order valence-corrected chi connectivity index (χ0v) is 26.0. The van der Waals surface area contributed by atoms with Crippen molar-refractivity contribution in [2.24, 2.45) is 11.8 Å². The van der Waals surface area contributed by atoms with E-state index in [0.717, 1.165) is 25.7 Å². The minimum absolute atomic E-state index is 0.240. The van der Waals surface area contributed by atoms with Gasteiger partial charge in [-0.1, -0.05) is 167 Å². The molecular weight excluding hydrogens is 484 g/mol. The van der Waals surface area contributed by atoms with Crippen LogP contribution in [-0.4, -0.2) is 25.2 Å². The lowest BCUT2D eigenvalue weighted by molar-refractivity contribution is -0.158. The van der Waals surface area contributed by atoms with Crippen LogP contribution in [0.25, 0.3) is 0 Å². The summed E-state index contributed by atoms with van der Waals surface area (Å²) in [6, 6.07) is 0. The molecule has 1 rings (SSSR count). The highest BCUT2D eigenvalue weighted by Crippen LogP contribution is 2.28. The maximum atomic E-state index is 12.6. The van der Waals surface area contributed by atoms with Crippen molar-refractivity contribution in [3.63, 3.8) is 0 Å². The normalized spacial score (nSPS) is 16.6. The second kappa shape index (κ2) is 26.9. The molecule has 0 radical (unpaired) electrons. The van der Waals surface area contributed by atoms with Gasteiger partial charge in [0.05, 0.1) is 25.0 Å². The molecule has 0 aromatic carbocycles. The summed E-state index contributed by atoms with van der Waals surface area (Å²) in [6.07, 6.45) is 35.2. The van der Waals surface area contributed by atoms with E-state index in [2.05, 4.69) is 13.8 Å². The molecule has 1 aliphatic carbocycles. The van der Waals surface area contributed by atoms with Crippen LogP contribution in [0.2, 0.25) is 0 Å². The maximum Gasteiger partial charge on any atom is 0.313 e. The Hall–Kier alpha value is -1.32. The highest BCUT2D eigenvalue weighted by atomic mass is 16.5. The van der Waals surface area contributed by atoms with Gasteiger partial charge in [0.1, 0.15) is 0 Å². The van der Waals surface area contributed by atoms with Crippen LogP contribution in [0.3, 0.4) is 0 Å². The van der Waals surface area contributed by atoms with Crippen LogP contribution in [0.5, 0.6) is 0 Å². The average molecular weight is 549 g/mol. The van der Waals surface area contributed by atoms with Gasteiger partial charge in [0.25, 0.3) is 0 Å². The minimum atomic E-state index is -0.475. The van der Waals surface area contributed by atoms with E-state index in [0.29, 0.717) is 19.6 Å². The molecule has 0 fully saturated rings. The maximum absolute atomic E-state index is 12.6. The Morgan fingerprint density at radius 3 is 1.23 bits per heavy atom. The number of unbranched alkanes of at least 4 members (excludes halogenated alkanes) is 22. The van der Waals surface area contributed by atoms with Gasteiger partial charge in [-0.3, -0.25) is 9.59 Å². The van der Waals surface area contributed by atoms with Crippen molar-refractivity contribution >= 4 is 11.9 Å². The molecule has 0 N–H and O–H groups in total. The topological polar surface area (TPSA) is 52.6 Å². The number of rotatable bonds is 28. The number of esters is 2. The molecule has 39 heavy (non-hydrogen) atoms. The predicted molar refractivity (Wildman–Crippen MR) is 165 cm³/mol. The zero-order valence-electron chi connectivity index (χ0n) is 26.0. The smallest absolute Gasteiger partial charge is 0.313 e. The first-order valence-corrected chi connectivity index (χ1v) is 17.2. The fourth-order valence-corrected chi connectivity index (χ4v) is 5.57. The van der Waals surface area contributed by atoms with Crippen molar-refractivity contribution < 1.29 is 19.1 Å². The summed E-state index contributed by atoms with van der Waals surface area (Å²) in [6.45, 7) is 5.46. The van der Waals surface area contributed by atoms with Crippen molar-refractivity contribution in [3.8, 4) is 0 Å². The van der Waals surface area contributed by atoms with E-state index in [4.69, 9.17) is 9.47 Å². The van der Waals surface area contributed by atoms with Crippen LogP contribution in [0, 0.1) is 11.8 Å². The van der Waals surface area contributed by atoms with E-state index >= 15 is 0 Å². The molecule has 0 bridgehead atoms. The van der Waals surface area contributed by atoms with Crippen molar-refractivity contribution in [1.82, 2.24) is 0 Å². The summed E-state index contributed by atoms with van der Waals surface area (Å²) in [5.74, 6) is -1.39. The molecule has 0 amide bonds. The van der Waals surface area contributed by atoms with Gasteiger partial charge in [0.15, 0.2) is 0 Å². The second-order valence-electron chi connectivity index (χ2n) is 11.9. The van der Waals surface area contributed by atoms with Crippen LogP contribution < -0.4 is 0 Å². The zero-order chi connectivity index (χ0) is 28.2. The Labute approximate surface area is 242 Å². The standard InChI is InChI=1S/C35H64O4/c1-3-5-7-9-11-13-15-17-19-21-23-25-30-38-34(36)32-28-27-29-33(32)35(37)39-31-26-24-22-20-18-16-14-12-10-8-6-4-2/h27-28,32-33H,3-26,29-31H2,1-2H3. The third kappa shape index (κ3) is 20.2. The van der Waals surface area contributed by atoms with Gasteiger partial charge < -0.3 is 9.47 Å². The first-order chi connectivity index (χ1) is 19.2. The van der Waals surface area contributed by atoms with Crippen molar-refractivity contribution in [3.05, 3.63) is 12.2 Å². The first-order valence-electron chi connectivity index (χ1n) is 17.2. The SMILES string of the molecule is CCCCCCCCCCCCCCOC(=O)C1C=CCC1C(=O)OCCCCCCCCCCCCCC. The number of carbonyl (C=O) groups excluding carboxylic acids is 2. The lowest BCUT2D eigenvalue weighted by Crippen LogP contribution is -2.29. The molecule has 4 heteroatoms. The van der Waals surface area contributed by atoms with E-state index in [1.54, 1.807) is 0 Å². The number of allylic oxidation sites excluding steroid dienone is 1. The first kappa shape index (κ1) is 35.7. The number of hydrogen-bond donors (Lipinski definition) is 0. The quantitative estimate of drug-likeness (QED) is 0.0554. The highest BCUT2D eigenvalue weighted by Gasteiger charge is 2.36. The Morgan fingerprint density at radius 2 is 0.846 bits per heavy atom. The molecule has 0 aromatic heterocycles. The minimum Gasteiger partial charge on any atom is -0.465 e. The van der Waals surface area contributed by atoms with E-state index in [-0.39, 0.29) is 11.9 Å². The van der Waals surface area contributed by atoms with Crippen LogP contribution in [0.1, 0.15) is 174 Å². The van der Waals surface area contributed by atoms with Crippen molar-refractivity contribution in [2.75, 3.05) is 13.2 Å². The summed E-state index contributed by atoms with van der Waals surface area (Å²) >= 11 is 0. The predicted octanol–water partition coefficient (Wildman–Crippen LogP) is 10.7. The Morgan fingerprint density at radius 1 is 0.513 bits per heavy atom. The molecule has 228 valence electrons. The molecule has 2 atom stereocenters. The van der Waals surface area contributed by atoms with Gasteiger partial charge in [0.2, 0.25) is 0 Å². The van der Waals surface area contributed by atoms with E-state index in [9.17, 15) is 9.59 Å². The van der Waals surface area contributed by atoms with E-state index in [1.807, 2.05) is 12.2 Å². The largest absolute Gasteiger partial charge is 0.465 e. The second-order valence-corrected chi connectivity index (χ2v) is 11.9. The lowest BCUT2D eigenvalue weighted by Gasteiger charge is -2.17. The monoisotopic (exact) mass is 548 g/mol. The van der Waals surface area contributed by atoms with Gasteiger partial charge in [-0.05, 0) is 19.3 Å². The summed E-state index contributed by atoms with van der Waals surface area (Å²) < 4.78 is 11.1. The van der Waals surface area contributed by atoms with Gasteiger partial charge in [-0.15, -0.1) is 0 Å². The van der Waals surface area contributed by atoms with Gasteiger partial charge in [0, 0.05) is 0 Å².